The molecule has 0 aliphatic heterocycles. The summed E-state index contributed by atoms with van der Waals surface area (Å²) in [7, 11) is 0. The number of hydrogen-bond donors (Lipinski definition) is 0. The van der Waals surface area contributed by atoms with Gasteiger partial charge in [0.05, 0.1) is 92.3 Å². The maximum absolute atomic E-state index is 11.5. The molecule has 0 aromatic heterocycles. The van der Waals surface area contributed by atoms with Crippen LogP contribution in [-0.2, 0) is 42.7 Å². The summed E-state index contributed by atoms with van der Waals surface area (Å²) in [5.74, 6) is -0.256. The second-order valence-electron chi connectivity index (χ2n) is 7.98. The Morgan fingerprint density at radius 1 is 0.531 bits per heavy atom. The number of ether oxygens (including phenoxy) is 8. The third-order valence-electron chi connectivity index (χ3n) is 3.74. The van der Waals surface area contributed by atoms with Crippen molar-refractivity contribution in [1.29, 1.82) is 0 Å². The number of carbonyl (C=O) groups is 1. The second-order valence-corrected chi connectivity index (χ2v) is 7.98. The Morgan fingerprint density at radius 2 is 0.844 bits per heavy atom. The molecule has 192 valence electrons. The zero-order valence-electron chi connectivity index (χ0n) is 20.7. The van der Waals surface area contributed by atoms with Crippen molar-refractivity contribution >= 4 is 5.97 Å². The van der Waals surface area contributed by atoms with Crippen LogP contribution in [0.1, 0.15) is 47.0 Å². The summed E-state index contributed by atoms with van der Waals surface area (Å²) in [5.41, 5.74) is -0.461. The molecule has 0 saturated carbocycles. The fourth-order valence-corrected chi connectivity index (χ4v) is 2.22. The first-order valence-electron chi connectivity index (χ1n) is 11.7. The van der Waals surface area contributed by atoms with Crippen LogP contribution in [0.25, 0.3) is 0 Å². The Morgan fingerprint density at radius 3 is 1.16 bits per heavy atom. The highest BCUT2D eigenvalue weighted by atomic mass is 16.6. The fraction of sp³-hybridized carbons (Fsp3) is 0.957. The molecule has 9 nitrogen and oxygen atoms in total. The monoisotopic (exact) mass is 466 g/mol. The zero-order chi connectivity index (χ0) is 23.8. The molecule has 0 rings (SSSR count). The van der Waals surface area contributed by atoms with Gasteiger partial charge in [0.15, 0.2) is 0 Å². The maximum atomic E-state index is 11.5. The van der Waals surface area contributed by atoms with Crippen LogP contribution < -0.4 is 0 Å². The maximum Gasteiger partial charge on any atom is 0.308 e. The lowest BCUT2D eigenvalue weighted by atomic mass is 10.2. The van der Waals surface area contributed by atoms with Gasteiger partial charge in [-0.25, -0.2) is 0 Å². The highest BCUT2D eigenvalue weighted by Crippen LogP contribution is 2.08. The summed E-state index contributed by atoms with van der Waals surface area (Å²) in [6, 6.07) is 0. The molecule has 0 aliphatic rings. The lowest BCUT2D eigenvalue weighted by Crippen LogP contribution is -2.24. The molecule has 0 bridgehead atoms. The molecule has 0 atom stereocenters. The minimum absolute atomic E-state index is 0.244. The van der Waals surface area contributed by atoms with E-state index in [2.05, 4.69) is 6.92 Å². The molecule has 0 saturated heterocycles. The molecule has 32 heavy (non-hydrogen) atoms. The van der Waals surface area contributed by atoms with Crippen LogP contribution in [0, 0.1) is 0 Å². The minimum atomic E-state index is -0.461. The van der Waals surface area contributed by atoms with Crippen molar-refractivity contribution in [2.45, 2.75) is 52.6 Å². The smallest absolute Gasteiger partial charge is 0.308 e. The summed E-state index contributed by atoms with van der Waals surface area (Å²) >= 11 is 0. The van der Waals surface area contributed by atoms with E-state index < -0.39 is 5.60 Å². The second kappa shape index (κ2) is 23.4. The number of unbranched alkanes of at least 4 members (excludes halogenated alkanes) is 1. The third kappa shape index (κ3) is 27.2. The average Bonchev–Trinajstić information content (AvgIpc) is 2.73. The number of carbonyl (C=O) groups excluding carboxylic acids is 1. The van der Waals surface area contributed by atoms with E-state index in [1.54, 1.807) is 0 Å². The average molecular weight is 467 g/mol. The van der Waals surface area contributed by atoms with Gasteiger partial charge in [0.25, 0.3) is 0 Å². The normalized spacial score (nSPS) is 11.8. The largest absolute Gasteiger partial charge is 0.460 e. The van der Waals surface area contributed by atoms with Gasteiger partial charge in [-0.1, -0.05) is 13.3 Å². The van der Waals surface area contributed by atoms with Crippen LogP contribution in [0.5, 0.6) is 0 Å². The predicted molar refractivity (Wildman–Crippen MR) is 121 cm³/mol. The quantitative estimate of drug-likeness (QED) is 0.157. The third-order valence-corrected chi connectivity index (χ3v) is 3.74. The van der Waals surface area contributed by atoms with Gasteiger partial charge in [-0.2, -0.15) is 0 Å². The number of hydrogen-bond acceptors (Lipinski definition) is 9. The van der Waals surface area contributed by atoms with Gasteiger partial charge in [-0.15, -0.1) is 0 Å². The van der Waals surface area contributed by atoms with E-state index in [9.17, 15) is 4.79 Å². The molecule has 0 radical (unpaired) electrons. The van der Waals surface area contributed by atoms with Gasteiger partial charge in [-0.05, 0) is 27.2 Å². The van der Waals surface area contributed by atoms with Crippen molar-refractivity contribution in [1.82, 2.24) is 0 Å². The van der Waals surface area contributed by atoms with Crippen molar-refractivity contribution in [2.75, 3.05) is 92.5 Å². The Balaban J connectivity index is 3.10. The Labute approximate surface area is 194 Å². The summed E-state index contributed by atoms with van der Waals surface area (Å²) in [6.07, 6.45) is 2.49. The van der Waals surface area contributed by atoms with Crippen molar-refractivity contribution in [3.8, 4) is 0 Å². The van der Waals surface area contributed by atoms with E-state index in [0.29, 0.717) is 85.9 Å². The first-order chi connectivity index (χ1) is 15.5. The highest BCUT2D eigenvalue weighted by Gasteiger charge is 2.15. The number of esters is 1. The summed E-state index contributed by atoms with van der Waals surface area (Å²) in [4.78, 5) is 11.5. The van der Waals surface area contributed by atoms with Crippen molar-refractivity contribution in [2.24, 2.45) is 0 Å². The predicted octanol–water partition coefficient (Wildman–Crippen LogP) is 2.63. The zero-order valence-corrected chi connectivity index (χ0v) is 20.7. The van der Waals surface area contributed by atoms with Crippen molar-refractivity contribution in [3.05, 3.63) is 0 Å². The van der Waals surface area contributed by atoms with E-state index in [-0.39, 0.29) is 12.4 Å². The topological polar surface area (TPSA) is 90.9 Å². The fourth-order valence-electron chi connectivity index (χ4n) is 2.22. The van der Waals surface area contributed by atoms with Crippen LogP contribution in [0.2, 0.25) is 0 Å². The van der Waals surface area contributed by atoms with E-state index in [1.807, 2.05) is 20.8 Å². The molecule has 0 unspecified atom stereocenters. The standard InChI is InChI=1S/C23H46O9/c1-5-6-8-25-10-12-27-14-16-29-18-20-31-21-19-30-17-15-28-13-11-26-9-7-22(24)32-23(2,3)4/h5-21H2,1-4H3. The van der Waals surface area contributed by atoms with Gasteiger partial charge < -0.3 is 37.9 Å². The van der Waals surface area contributed by atoms with Crippen LogP contribution in [0.15, 0.2) is 0 Å². The van der Waals surface area contributed by atoms with Crippen molar-refractivity contribution in [3.63, 3.8) is 0 Å². The summed E-state index contributed by atoms with van der Waals surface area (Å²) in [5, 5.41) is 0. The lowest BCUT2D eigenvalue weighted by Gasteiger charge is -2.19. The van der Waals surface area contributed by atoms with Gasteiger partial charge in [-0.3, -0.25) is 4.79 Å². The molecule has 9 heteroatoms. The molecule has 0 aliphatic carbocycles. The summed E-state index contributed by atoms with van der Waals surface area (Å²) < 4.78 is 43.0. The van der Waals surface area contributed by atoms with Crippen LogP contribution in [-0.4, -0.2) is 104 Å². The highest BCUT2D eigenvalue weighted by molar-refractivity contribution is 5.69. The van der Waals surface area contributed by atoms with Gasteiger partial charge in [0, 0.05) is 6.61 Å². The first-order valence-corrected chi connectivity index (χ1v) is 11.7. The number of rotatable bonds is 24. The van der Waals surface area contributed by atoms with Crippen LogP contribution >= 0.6 is 0 Å². The molecule has 0 amide bonds. The van der Waals surface area contributed by atoms with E-state index in [4.69, 9.17) is 37.9 Å². The summed E-state index contributed by atoms with van der Waals surface area (Å²) in [6.45, 7) is 15.1. The van der Waals surface area contributed by atoms with E-state index in [0.717, 1.165) is 19.4 Å². The van der Waals surface area contributed by atoms with Crippen LogP contribution in [0.3, 0.4) is 0 Å². The molecular weight excluding hydrogens is 420 g/mol. The lowest BCUT2D eigenvalue weighted by molar-refractivity contribution is -0.156. The first kappa shape index (κ1) is 31.2. The minimum Gasteiger partial charge on any atom is -0.460 e. The van der Waals surface area contributed by atoms with Gasteiger partial charge in [0.2, 0.25) is 0 Å². The molecule has 0 aromatic carbocycles. The molecule has 0 N–H and O–H groups in total. The molecule has 0 spiro atoms. The Hall–Kier alpha value is -0.810. The van der Waals surface area contributed by atoms with Crippen molar-refractivity contribution < 1.29 is 42.7 Å². The molecular formula is C23H46O9. The SMILES string of the molecule is CCCCOCCOCCOCCOCCOCCOCCOCCC(=O)OC(C)(C)C. The van der Waals surface area contributed by atoms with Gasteiger partial charge in [0.1, 0.15) is 5.60 Å². The van der Waals surface area contributed by atoms with E-state index >= 15 is 0 Å². The molecule has 0 aromatic rings. The van der Waals surface area contributed by atoms with Gasteiger partial charge >= 0.3 is 5.97 Å². The Kier molecular flexibility index (Phi) is 22.8. The van der Waals surface area contributed by atoms with Crippen LogP contribution in [0.4, 0.5) is 0 Å². The van der Waals surface area contributed by atoms with E-state index in [1.165, 1.54) is 0 Å². The molecule has 0 fully saturated rings. The molecule has 0 heterocycles. The Bertz CT molecular complexity index is 399.